The molecule has 2 fully saturated rings. The van der Waals surface area contributed by atoms with Crippen LogP contribution < -0.4 is 0 Å². The van der Waals surface area contributed by atoms with E-state index in [4.69, 9.17) is 4.74 Å². The Kier molecular flexibility index (Phi) is 2.47. The minimum Gasteiger partial charge on any atom is -0.393 e. The van der Waals surface area contributed by atoms with E-state index < -0.39 is 18.2 Å². The van der Waals surface area contributed by atoms with Gasteiger partial charge >= 0.3 is 6.18 Å². The van der Waals surface area contributed by atoms with Crippen molar-refractivity contribution in [2.45, 2.75) is 37.6 Å². The number of ether oxygens (including phenoxy) is 1. The summed E-state index contributed by atoms with van der Waals surface area (Å²) in [5, 5.41) is 9.53. The fourth-order valence-corrected chi connectivity index (χ4v) is 2.46. The fourth-order valence-electron chi connectivity index (χ4n) is 2.46. The van der Waals surface area contributed by atoms with Crippen molar-refractivity contribution < 1.29 is 23.0 Å². The van der Waals surface area contributed by atoms with Crippen molar-refractivity contribution in [2.24, 2.45) is 11.8 Å². The first-order valence-electron chi connectivity index (χ1n) is 4.85. The van der Waals surface area contributed by atoms with Gasteiger partial charge in [0.2, 0.25) is 0 Å². The highest BCUT2D eigenvalue weighted by Gasteiger charge is 2.49. The summed E-state index contributed by atoms with van der Waals surface area (Å²) in [5.74, 6) is -1.47. The third-order valence-electron chi connectivity index (χ3n) is 3.26. The van der Waals surface area contributed by atoms with Crippen molar-refractivity contribution in [3.8, 4) is 0 Å². The largest absolute Gasteiger partial charge is 0.393 e. The van der Waals surface area contributed by atoms with Gasteiger partial charge in [-0.3, -0.25) is 0 Å². The molecule has 82 valence electrons. The van der Waals surface area contributed by atoms with Crippen LogP contribution in [0.2, 0.25) is 0 Å². The predicted molar refractivity (Wildman–Crippen MR) is 42.6 cm³/mol. The maximum atomic E-state index is 12.4. The summed E-state index contributed by atoms with van der Waals surface area (Å²) >= 11 is 0. The number of rotatable bonds is 0. The Morgan fingerprint density at radius 2 is 1.93 bits per heavy atom. The highest BCUT2D eigenvalue weighted by atomic mass is 19.4. The van der Waals surface area contributed by atoms with Gasteiger partial charge in [0.05, 0.1) is 18.1 Å². The average molecular weight is 210 g/mol. The molecule has 0 unspecified atom stereocenters. The van der Waals surface area contributed by atoms with Crippen LogP contribution >= 0.6 is 0 Å². The molecule has 0 radical (unpaired) electrons. The second-order valence-corrected chi connectivity index (χ2v) is 4.14. The maximum absolute atomic E-state index is 12.4. The summed E-state index contributed by atoms with van der Waals surface area (Å²) in [6, 6.07) is 0. The molecule has 1 saturated heterocycles. The van der Waals surface area contributed by atoms with E-state index >= 15 is 0 Å². The number of hydrogen-bond acceptors (Lipinski definition) is 2. The lowest BCUT2D eigenvalue weighted by Gasteiger charge is -2.35. The Hall–Kier alpha value is -0.290. The van der Waals surface area contributed by atoms with Crippen LogP contribution in [0.4, 0.5) is 13.2 Å². The summed E-state index contributed by atoms with van der Waals surface area (Å²) in [6.45, 7) is 0.483. The van der Waals surface area contributed by atoms with Gasteiger partial charge in [0, 0.05) is 12.5 Å². The molecule has 0 amide bonds. The number of halogens is 3. The van der Waals surface area contributed by atoms with E-state index in [1.807, 2.05) is 0 Å². The average Bonchev–Trinajstić information content (AvgIpc) is 2.50. The molecule has 1 aliphatic heterocycles. The van der Waals surface area contributed by atoms with E-state index in [1.165, 1.54) is 0 Å². The molecule has 4 atom stereocenters. The number of aliphatic hydroxyl groups excluding tert-OH is 1. The second-order valence-electron chi connectivity index (χ2n) is 4.14. The lowest BCUT2D eigenvalue weighted by molar-refractivity contribution is -0.203. The van der Waals surface area contributed by atoms with Crippen LogP contribution in [-0.2, 0) is 4.74 Å². The van der Waals surface area contributed by atoms with Crippen LogP contribution in [0.25, 0.3) is 0 Å². The molecule has 2 rings (SSSR count). The molecule has 2 nitrogen and oxygen atoms in total. The van der Waals surface area contributed by atoms with Crippen molar-refractivity contribution in [1.82, 2.24) is 0 Å². The maximum Gasteiger partial charge on any atom is 0.392 e. The van der Waals surface area contributed by atoms with Crippen LogP contribution in [0.15, 0.2) is 0 Å². The zero-order valence-corrected chi connectivity index (χ0v) is 7.63. The van der Waals surface area contributed by atoms with E-state index in [-0.39, 0.29) is 24.9 Å². The van der Waals surface area contributed by atoms with Gasteiger partial charge in [-0.05, 0) is 19.3 Å². The Morgan fingerprint density at radius 3 is 2.57 bits per heavy atom. The first kappa shape index (κ1) is 10.2. The van der Waals surface area contributed by atoms with Crippen molar-refractivity contribution >= 4 is 0 Å². The predicted octanol–water partition coefficient (Wildman–Crippen LogP) is 1.72. The minimum absolute atomic E-state index is 0.0191. The molecule has 0 spiro atoms. The fraction of sp³-hybridized carbons (Fsp3) is 1.00. The normalized spacial score (nSPS) is 43.7. The summed E-state index contributed by atoms with van der Waals surface area (Å²) in [4.78, 5) is 0. The first-order valence-corrected chi connectivity index (χ1v) is 4.85. The van der Waals surface area contributed by atoms with Crippen LogP contribution in [-0.4, -0.2) is 30.1 Å². The third-order valence-corrected chi connectivity index (χ3v) is 3.26. The van der Waals surface area contributed by atoms with Crippen molar-refractivity contribution in [3.63, 3.8) is 0 Å². The monoisotopic (exact) mass is 210 g/mol. The van der Waals surface area contributed by atoms with E-state index in [9.17, 15) is 18.3 Å². The standard InChI is InChI=1S/C9H13F3O2/c10-9(11,12)5-3-7(13)6-1-2-14-8(6)4-5/h5-8,13H,1-4H2/t5-,6-,7+,8-/m0/s1. The molecule has 2 aliphatic rings. The summed E-state index contributed by atoms with van der Waals surface area (Å²) in [7, 11) is 0. The number of alkyl halides is 3. The van der Waals surface area contributed by atoms with E-state index in [1.54, 1.807) is 0 Å². The van der Waals surface area contributed by atoms with Crippen molar-refractivity contribution in [2.75, 3.05) is 6.61 Å². The van der Waals surface area contributed by atoms with Crippen molar-refractivity contribution in [3.05, 3.63) is 0 Å². The molecule has 1 N–H and O–H groups in total. The quantitative estimate of drug-likeness (QED) is 0.659. The second kappa shape index (κ2) is 3.38. The Balaban J connectivity index is 2.06. The van der Waals surface area contributed by atoms with Crippen LogP contribution in [0.1, 0.15) is 19.3 Å². The molecular weight excluding hydrogens is 197 g/mol. The molecule has 1 heterocycles. The summed E-state index contributed by atoms with van der Waals surface area (Å²) in [5.41, 5.74) is 0. The third kappa shape index (κ3) is 1.75. The molecule has 0 bridgehead atoms. The minimum atomic E-state index is -4.20. The van der Waals surface area contributed by atoms with E-state index in [0.717, 1.165) is 0 Å². The first-order chi connectivity index (χ1) is 6.48. The van der Waals surface area contributed by atoms with E-state index in [2.05, 4.69) is 0 Å². The lowest BCUT2D eigenvalue weighted by Crippen LogP contribution is -2.42. The molecule has 1 aliphatic carbocycles. The highest BCUT2D eigenvalue weighted by Crippen LogP contribution is 2.43. The number of fused-ring (bicyclic) bond motifs is 1. The molecule has 0 aromatic rings. The molecule has 0 aromatic carbocycles. The van der Waals surface area contributed by atoms with Gasteiger partial charge in [-0.2, -0.15) is 13.2 Å². The Morgan fingerprint density at radius 1 is 1.21 bits per heavy atom. The van der Waals surface area contributed by atoms with Gasteiger partial charge in [0.15, 0.2) is 0 Å². The smallest absolute Gasteiger partial charge is 0.392 e. The SMILES string of the molecule is O[C@@H]1C[C@H](C(F)(F)F)C[C@@H]2OCC[C@@H]12. The lowest BCUT2D eigenvalue weighted by atomic mass is 9.77. The highest BCUT2D eigenvalue weighted by molar-refractivity contribution is 4.92. The summed E-state index contributed by atoms with van der Waals surface area (Å²) < 4.78 is 42.4. The zero-order chi connectivity index (χ0) is 10.3. The molecule has 1 saturated carbocycles. The Bertz CT molecular complexity index is 217. The zero-order valence-electron chi connectivity index (χ0n) is 7.63. The molecule has 0 aromatic heterocycles. The van der Waals surface area contributed by atoms with Gasteiger partial charge in [0.1, 0.15) is 0 Å². The van der Waals surface area contributed by atoms with E-state index in [0.29, 0.717) is 13.0 Å². The van der Waals surface area contributed by atoms with Gasteiger partial charge in [-0.25, -0.2) is 0 Å². The van der Waals surface area contributed by atoms with Crippen LogP contribution in [0.3, 0.4) is 0 Å². The molecular formula is C9H13F3O2. The van der Waals surface area contributed by atoms with Gasteiger partial charge in [-0.15, -0.1) is 0 Å². The van der Waals surface area contributed by atoms with Crippen LogP contribution in [0, 0.1) is 11.8 Å². The van der Waals surface area contributed by atoms with Gasteiger partial charge < -0.3 is 9.84 Å². The van der Waals surface area contributed by atoms with Crippen molar-refractivity contribution in [1.29, 1.82) is 0 Å². The van der Waals surface area contributed by atoms with Gasteiger partial charge in [-0.1, -0.05) is 0 Å². The van der Waals surface area contributed by atoms with Crippen LogP contribution in [0.5, 0.6) is 0 Å². The number of hydrogen-bond donors (Lipinski definition) is 1. The number of aliphatic hydroxyl groups is 1. The van der Waals surface area contributed by atoms with Gasteiger partial charge in [0.25, 0.3) is 0 Å². The summed E-state index contributed by atoms with van der Waals surface area (Å²) in [6.07, 6.45) is -4.87. The Labute approximate surface area is 80.1 Å². The molecule has 14 heavy (non-hydrogen) atoms. The molecule has 5 heteroatoms. The topological polar surface area (TPSA) is 29.5 Å².